The lowest BCUT2D eigenvalue weighted by atomic mass is 9.93. The van der Waals surface area contributed by atoms with Gasteiger partial charge in [0.05, 0.1) is 31.4 Å². The van der Waals surface area contributed by atoms with Crippen molar-refractivity contribution >= 4 is 23.4 Å². The highest BCUT2D eigenvalue weighted by atomic mass is 16.5. The van der Waals surface area contributed by atoms with Gasteiger partial charge in [-0.1, -0.05) is 29.8 Å². The number of Topliss-reactive ketones (excluding diaryl/α,β-unsaturated/α-hetero) is 1. The van der Waals surface area contributed by atoms with Gasteiger partial charge in [-0.05, 0) is 45.2 Å². The quantitative estimate of drug-likeness (QED) is 0.243. The number of likely N-dealkylation sites (tertiary alicyclic amines) is 1. The minimum absolute atomic E-state index is 0.0286. The van der Waals surface area contributed by atoms with Crippen molar-refractivity contribution in [3.05, 3.63) is 63.5 Å². The number of H-pyrrole nitrogens is 1. The molecule has 0 saturated carbocycles. The average molecular weight is 510 g/mol. The van der Waals surface area contributed by atoms with E-state index in [9.17, 15) is 19.5 Å². The van der Waals surface area contributed by atoms with E-state index in [2.05, 4.69) is 9.88 Å². The van der Waals surface area contributed by atoms with E-state index in [1.807, 2.05) is 31.2 Å². The molecule has 2 aliphatic heterocycles. The van der Waals surface area contributed by atoms with Crippen LogP contribution in [0.25, 0.3) is 5.76 Å². The maximum absolute atomic E-state index is 13.4. The lowest BCUT2D eigenvalue weighted by Gasteiger charge is -2.29. The van der Waals surface area contributed by atoms with E-state index in [4.69, 9.17) is 9.47 Å². The van der Waals surface area contributed by atoms with Gasteiger partial charge < -0.3 is 24.5 Å². The van der Waals surface area contributed by atoms with Crippen molar-refractivity contribution in [3.63, 3.8) is 0 Å². The molecule has 1 aromatic carbocycles. The Morgan fingerprint density at radius 3 is 2.43 bits per heavy atom. The molecule has 2 N–H and O–H groups in total. The molecule has 0 aliphatic carbocycles. The summed E-state index contributed by atoms with van der Waals surface area (Å²) < 4.78 is 10.5. The summed E-state index contributed by atoms with van der Waals surface area (Å²) in [4.78, 5) is 45.9. The predicted molar refractivity (Wildman–Crippen MR) is 138 cm³/mol. The summed E-state index contributed by atoms with van der Waals surface area (Å²) in [6.07, 6.45) is 0.685. The lowest BCUT2D eigenvalue weighted by molar-refractivity contribution is -0.140. The Hall–Kier alpha value is -3.43. The molecule has 1 amide bonds. The Morgan fingerprint density at radius 2 is 1.78 bits per heavy atom. The molecular weight excluding hydrogens is 474 g/mol. The largest absolute Gasteiger partial charge is 0.507 e. The van der Waals surface area contributed by atoms with E-state index < -0.39 is 23.7 Å². The van der Waals surface area contributed by atoms with Crippen molar-refractivity contribution in [2.45, 2.75) is 40.2 Å². The normalized spacial score (nSPS) is 20.0. The molecule has 37 heavy (non-hydrogen) atoms. The molecule has 198 valence electrons. The fraction of sp³-hybridized carbons (Fsp3) is 0.464. The molecule has 4 rings (SSSR count). The van der Waals surface area contributed by atoms with Crippen LogP contribution in [0.5, 0.6) is 0 Å². The second-order valence-corrected chi connectivity index (χ2v) is 9.56. The van der Waals surface area contributed by atoms with Crippen molar-refractivity contribution in [1.82, 2.24) is 14.8 Å². The third-order valence-electron chi connectivity index (χ3n) is 7.06. The van der Waals surface area contributed by atoms with Crippen LogP contribution >= 0.6 is 0 Å². The molecule has 0 unspecified atom stereocenters. The number of ketones is 1. The summed E-state index contributed by atoms with van der Waals surface area (Å²) in [5.41, 5.74) is 3.35. The third-order valence-corrected chi connectivity index (χ3v) is 7.06. The molecule has 0 bridgehead atoms. The number of hydrogen-bond donors (Lipinski definition) is 2. The number of carbonyl (C=O) groups excluding carboxylic acids is 3. The van der Waals surface area contributed by atoms with Crippen LogP contribution in [0.15, 0.2) is 29.8 Å². The van der Waals surface area contributed by atoms with Crippen molar-refractivity contribution < 1.29 is 29.0 Å². The standard InChI is InChI=1S/C28H35N3O6/c1-5-37-28(35)23-18(3)21(19(4)29-23)25(32)22-24(20-9-7-17(2)8-10-20)31(27(34)26(22)33)12-6-11-30-13-15-36-16-14-30/h7-10,24,29,32H,5-6,11-16H2,1-4H3/t24-/m0/s1. The summed E-state index contributed by atoms with van der Waals surface area (Å²) in [5.74, 6) is -2.19. The molecule has 0 radical (unpaired) electrons. The zero-order chi connectivity index (χ0) is 26.7. The molecule has 9 heteroatoms. The summed E-state index contributed by atoms with van der Waals surface area (Å²) in [6.45, 7) is 11.5. The average Bonchev–Trinajstić information content (AvgIpc) is 3.32. The monoisotopic (exact) mass is 509 g/mol. The number of ether oxygens (including phenoxy) is 2. The van der Waals surface area contributed by atoms with Gasteiger partial charge in [0, 0.05) is 37.4 Å². The summed E-state index contributed by atoms with van der Waals surface area (Å²) in [6, 6.07) is 6.89. The highest BCUT2D eigenvalue weighted by molar-refractivity contribution is 6.46. The highest BCUT2D eigenvalue weighted by Crippen LogP contribution is 2.41. The number of esters is 1. The topological polar surface area (TPSA) is 112 Å². The van der Waals surface area contributed by atoms with Gasteiger partial charge in [-0.3, -0.25) is 14.5 Å². The van der Waals surface area contributed by atoms with Crippen LogP contribution in [0, 0.1) is 20.8 Å². The van der Waals surface area contributed by atoms with Crippen molar-refractivity contribution in [3.8, 4) is 0 Å². The number of morpholine rings is 1. The molecule has 3 heterocycles. The SMILES string of the molecule is CCOC(=O)c1[nH]c(C)c(C(O)=C2C(=O)C(=O)N(CCCN3CCOCC3)[C@H]2c2ccc(C)cc2)c1C. The minimum Gasteiger partial charge on any atom is -0.507 e. The fourth-order valence-electron chi connectivity index (χ4n) is 5.14. The van der Waals surface area contributed by atoms with Crippen LogP contribution in [-0.4, -0.2) is 83.5 Å². The van der Waals surface area contributed by atoms with E-state index in [0.29, 0.717) is 43.0 Å². The van der Waals surface area contributed by atoms with Gasteiger partial charge in [0.1, 0.15) is 11.5 Å². The zero-order valence-corrected chi connectivity index (χ0v) is 21.9. The smallest absolute Gasteiger partial charge is 0.355 e. The van der Waals surface area contributed by atoms with Gasteiger partial charge in [-0.2, -0.15) is 0 Å². The number of nitrogens with one attached hydrogen (secondary N) is 1. The molecule has 2 fully saturated rings. The number of aliphatic hydroxyl groups excluding tert-OH is 1. The number of rotatable bonds is 8. The lowest BCUT2D eigenvalue weighted by Crippen LogP contribution is -2.38. The van der Waals surface area contributed by atoms with E-state index in [1.165, 1.54) is 0 Å². The van der Waals surface area contributed by atoms with Crippen LogP contribution in [-0.2, 0) is 19.1 Å². The fourth-order valence-corrected chi connectivity index (χ4v) is 5.14. The van der Waals surface area contributed by atoms with Gasteiger partial charge in [-0.15, -0.1) is 0 Å². The number of aromatic nitrogens is 1. The predicted octanol–water partition coefficient (Wildman–Crippen LogP) is 3.26. The zero-order valence-electron chi connectivity index (χ0n) is 21.9. The number of hydrogen-bond acceptors (Lipinski definition) is 7. The summed E-state index contributed by atoms with van der Waals surface area (Å²) in [5, 5.41) is 11.5. The van der Waals surface area contributed by atoms with Gasteiger partial charge in [0.2, 0.25) is 0 Å². The summed E-state index contributed by atoms with van der Waals surface area (Å²) >= 11 is 0. The van der Waals surface area contributed by atoms with Crippen LogP contribution in [0.2, 0.25) is 0 Å². The molecule has 1 aromatic heterocycles. The van der Waals surface area contributed by atoms with Gasteiger partial charge in [-0.25, -0.2) is 4.79 Å². The van der Waals surface area contributed by atoms with Gasteiger partial charge in [0.25, 0.3) is 11.7 Å². The number of carbonyl (C=O) groups is 3. The van der Waals surface area contributed by atoms with Crippen molar-refractivity contribution in [2.75, 3.05) is 46.0 Å². The molecule has 9 nitrogen and oxygen atoms in total. The Kier molecular flexibility index (Phi) is 8.14. The summed E-state index contributed by atoms with van der Waals surface area (Å²) in [7, 11) is 0. The maximum atomic E-state index is 13.4. The molecular formula is C28H35N3O6. The van der Waals surface area contributed by atoms with E-state index in [-0.39, 0.29) is 23.6 Å². The highest BCUT2D eigenvalue weighted by Gasteiger charge is 2.46. The van der Waals surface area contributed by atoms with Crippen LogP contribution in [0.3, 0.4) is 0 Å². The number of aromatic amines is 1. The first kappa shape index (κ1) is 26.6. The third kappa shape index (κ3) is 5.33. The number of aryl methyl sites for hydroxylation is 2. The van der Waals surface area contributed by atoms with E-state index >= 15 is 0 Å². The molecule has 2 aromatic rings. The molecule has 1 atom stereocenters. The van der Waals surface area contributed by atoms with E-state index in [1.54, 1.807) is 25.7 Å². The first-order valence-electron chi connectivity index (χ1n) is 12.8. The molecule has 2 aliphatic rings. The Labute approximate surface area is 217 Å². The maximum Gasteiger partial charge on any atom is 0.355 e. The first-order chi connectivity index (χ1) is 17.7. The molecule has 0 spiro atoms. The Morgan fingerprint density at radius 1 is 1.11 bits per heavy atom. The Bertz CT molecular complexity index is 1210. The second-order valence-electron chi connectivity index (χ2n) is 9.56. The van der Waals surface area contributed by atoms with Crippen molar-refractivity contribution in [1.29, 1.82) is 0 Å². The van der Waals surface area contributed by atoms with Crippen LogP contribution < -0.4 is 0 Å². The van der Waals surface area contributed by atoms with Crippen LogP contribution in [0.1, 0.15) is 57.8 Å². The number of benzene rings is 1. The van der Waals surface area contributed by atoms with Gasteiger partial charge >= 0.3 is 5.97 Å². The first-order valence-corrected chi connectivity index (χ1v) is 12.8. The Balaban J connectivity index is 1.73. The van der Waals surface area contributed by atoms with Crippen LogP contribution in [0.4, 0.5) is 0 Å². The molecule has 2 saturated heterocycles. The number of nitrogens with zero attached hydrogens (tertiary/aromatic N) is 2. The minimum atomic E-state index is -0.731. The van der Waals surface area contributed by atoms with E-state index in [0.717, 1.165) is 30.8 Å². The van der Waals surface area contributed by atoms with Crippen molar-refractivity contribution in [2.24, 2.45) is 0 Å². The number of amides is 1. The van der Waals surface area contributed by atoms with Gasteiger partial charge in [0.15, 0.2) is 0 Å². The number of aliphatic hydroxyl groups is 1. The second kappa shape index (κ2) is 11.3.